The van der Waals surface area contributed by atoms with Crippen LogP contribution in [0.15, 0.2) is 16.8 Å². The van der Waals surface area contributed by atoms with Gasteiger partial charge in [0.15, 0.2) is 0 Å². The molecular weight excluding hydrogens is 226 g/mol. The van der Waals surface area contributed by atoms with Gasteiger partial charge in [0.25, 0.3) is 0 Å². The smallest absolute Gasteiger partial charge is 0.243 e. The fourth-order valence-electron chi connectivity index (χ4n) is 1.20. The molecule has 2 aromatic heterocycles. The van der Waals surface area contributed by atoms with Crippen molar-refractivity contribution in [3.63, 3.8) is 0 Å². The molecule has 0 saturated heterocycles. The lowest BCUT2D eigenvalue weighted by atomic mass is 10.3. The fraction of sp³-hybridized carbons (Fsp3) is 0.333. The van der Waals surface area contributed by atoms with Crippen molar-refractivity contribution >= 4 is 17.2 Å². The van der Waals surface area contributed by atoms with Gasteiger partial charge in [-0.1, -0.05) is 0 Å². The summed E-state index contributed by atoms with van der Waals surface area (Å²) < 4.78 is 0. The summed E-state index contributed by atoms with van der Waals surface area (Å²) in [5, 5.41) is 18.4. The number of nitrogens with zero attached hydrogens (tertiary/aromatic N) is 4. The number of nitrogens with one attached hydrogen (secondary N) is 1. The van der Waals surface area contributed by atoms with E-state index < -0.39 is 0 Å². The molecule has 7 heteroatoms. The van der Waals surface area contributed by atoms with E-state index in [-0.39, 0.29) is 12.5 Å². The predicted octanol–water partition coefficient (Wildman–Crippen LogP) is 0.538. The maximum Gasteiger partial charge on any atom is 0.243 e. The summed E-state index contributed by atoms with van der Waals surface area (Å²) in [6.45, 7) is 2.57. The molecule has 16 heavy (non-hydrogen) atoms. The Balaban J connectivity index is 2.06. The number of tetrazole rings is 1. The molecule has 0 saturated carbocycles. The van der Waals surface area contributed by atoms with Gasteiger partial charge >= 0.3 is 0 Å². The number of carbonyl (C=O) groups excluding carboxylic acids is 1. The molecule has 0 aromatic carbocycles. The number of amides is 1. The summed E-state index contributed by atoms with van der Waals surface area (Å²) in [6.07, 6.45) is 0. The molecule has 0 radical (unpaired) electrons. The zero-order valence-corrected chi connectivity index (χ0v) is 9.57. The van der Waals surface area contributed by atoms with E-state index in [0.717, 1.165) is 5.56 Å². The Morgan fingerprint density at radius 3 is 3.19 bits per heavy atom. The third-order valence-electron chi connectivity index (χ3n) is 1.89. The van der Waals surface area contributed by atoms with E-state index in [1.54, 1.807) is 11.3 Å². The molecule has 0 bridgehead atoms. The minimum atomic E-state index is -0.114. The predicted molar refractivity (Wildman–Crippen MR) is 59.8 cm³/mol. The molecule has 1 N–H and O–H groups in total. The zero-order valence-electron chi connectivity index (χ0n) is 8.75. The average Bonchev–Trinajstić information content (AvgIpc) is 2.86. The van der Waals surface area contributed by atoms with Crippen molar-refractivity contribution in [2.75, 3.05) is 6.54 Å². The van der Waals surface area contributed by atoms with Gasteiger partial charge in [-0.2, -0.15) is 16.1 Å². The van der Waals surface area contributed by atoms with E-state index in [9.17, 15) is 4.79 Å². The van der Waals surface area contributed by atoms with Crippen LogP contribution in [-0.2, 0) is 11.3 Å². The molecule has 2 heterocycles. The summed E-state index contributed by atoms with van der Waals surface area (Å²) in [5.74, 6) is 0.433. The Kier molecular flexibility index (Phi) is 3.25. The molecule has 84 valence electrons. The van der Waals surface area contributed by atoms with Crippen molar-refractivity contribution in [3.05, 3.63) is 16.8 Å². The van der Waals surface area contributed by atoms with Crippen LogP contribution in [0, 0.1) is 0 Å². The molecule has 0 aliphatic rings. The minimum Gasteiger partial charge on any atom is -0.355 e. The number of likely N-dealkylation sites (N-methyl/N-ethyl adjacent to an activating group) is 1. The highest BCUT2D eigenvalue weighted by Crippen LogP contribution is 2.16. The van der Waals surface area contributed by atoms with Crippen molar-refractivity contribution in [3.8, 4) is 11.4 Å². The normalized spacial score (nSPS) is 10.3. The summed E-state index contributed by atoms with van der Waals surface area (Å²) in [4.78, 5) is 12.6. The number of carbonyl (C=O) groups is 1. The first-order valence-corrected chi connectivity index (χ1v) is 5.81. The number of hydrogen-bond acceptors (Lipinski definition) is 5. The lowest BCUT2D eigenvalue weighted by Crippen LogP contribution is -2.28. The highest BCUT2D eigenvalue weighted by molar-refractivity contribution is 7.08. The largest absolute Gasteiger partial charge is 0.355 e. The molecule has 0 aliphatic carbocycles. The van der Waals surface area contributed by atoms with Gasteiger partial charge in [0.05, 0.1) is 0 Å². The summed E-state index contributed by atoms with van der Waals surface area (Å²) >= 11 is 1.57. The van der Waals surface area contributed by atoms with Crippen molar-refractivity contribution in [2.45, 2.75) is 13.5 Å². The van der Waals surface area contributed by atoms with Crippen LogP contribution < -0.4 is 5.32 Å². The average molecular weight is 237 g/mol. The summed E-state index contributed by atoms with van der Waals surface area (Å²) in [6, 6.07) is 1.91. The van der Waals surface area contributed by atoms with E-state index in [1.807, 2.05) is 23.8 Å². The highest BCUT2D eigenvalue weighted by Gasteiger charge is 2.08. The summed E-state index contributed by atoms with van der Waals surface area (Å²) in [5.41, 5.74) is 0.923. The summed E-state index contributed by atoms with van der Waals surface area (Å²) in [7, 11) is 0. The maximum atomic E-state index is 11.3. The molecule has 0 aliphatic heterocycles. The first-order chi connectivity index (χ1) is 7.79. The lowest BCUT2D eigenvalue weighted by Gasteiger charge is -1.98. The van der Waals surface area contributed by atoms with Gasteiger partial charge in [-0.25, -0.2) is 0 Å². The Bertz CT molecular complexity index is 464. The molecular formula is C9H11N5OS. The highest BCUT2D eigenvalue weighted by atomic mass is 32.1. The standard InChI is InChI=1S/C9H11N5OS/c1-2-10-8(15)5-14-12-9(11-13-14)7-3-4-16-6-7/h3-4,6H,2,5H2,1H3,(H,10,15). The SMILES string of the molecule is CCNC(=O)Cn1nnc(-c2ccsc2)n1. The van der Waals surface area contributed by atoms with E-state index in [0.29, 0.717) is 12.4 Å². The Labute approximate surface area is 96.3 Å². The Morgan fingerprint density at radius 2 is 2.50 bits per heavy atom. The van der Waals surface area contributed by atoms with Gasteiger partial charge in [0.2, 0.25) is 11.7 Å². The van der Waals surface area contributed by atoms with Crippen LogP contribution >= 0.6 is 11.3 Å². The topological polar surface area (TPSA) is 72.7 Å². The second-order valence-electron chi connectivity index (χ2n) is 3.11. The van der Waals surface area contributed by atoms with Gasteiger partial charge in [-0.05, 0) is 23.6 Å². The number of thiophene rings is 1. The minimum absolute atomic E-state index is 0.102. The lowest BCUT2D eigenvalue weighted by molar-refractivity contribution is -0.121. The van der Waals surface area contributed by atoms with Crippen LogP contribution in [0.5, 0.6) is 0 Å². The van der Waals surface area contributed by atoms with Crippen LogP contribution in [0.3, 0.4) is 0 Å². The monoisotopic (exact) mass is 237 g/mol. The van der Waals surface area contributed by atoms with E-state index in [2.05, 4.69) is 20.7 Å². The maximum absolute atomic E-state index is 11.3. The van der Waals surface area contributed by atoms with E-state index in [4.69, 9.17) is 0 Å². The second kappa shape index (κ2) is 4.84. The van der Waals surface area contributed by atoms with Gasteiger partial charge in [0, 0.05) is 17.5 Å². The van der Waals surface area contributed by atoms with Crippen LogP contribution in [0.4, 0.5) is 0 Å². The van der Waals surface area contributed by atoms with Crippen molar-refractivity contribution < 1.29 is 4.79 Å². The van der Waals surface area contributed by atoms with Crippen LogP contribution in [0.25, 0.3) is 11.4 Å². The van der Waals surface area contributed by atoms with Gasteiger partial charge in [-0.15, -0.1) is 10.2 Å². The number of hydrogen-bond donors (Lipinski definition) is 1. The molecule has 0 atom stereocenters. The third kappa shape index (κ3) is 2.43. The first kappa shape index (κ1) is 10.7. The van der Waals surface area contributed by atoms with E-state index >= 15 is 0 Å². The quantitative estimate of drug-likeness (QED) is 0.842. The Hall–Kier alpha value is -1.76. The molecule has 1 amide bonds. The fourth-order valence-corrected chi connectivity index (χ4v) is 1.83. The van der Waals surface area contributed by atoms with Gasteiger partial charge in [0.1, 0.15) is 6.54 Å². The number of aromatic nitrogens is 4. The molecule has 2 rings (SSSR count). The van der Waals surface area contributed by atoms with Gasteiger partial charge in [-0.3, -0.25) is 4.79 Å². The third-order valence-corrected chi connectivity index (χ3v) is 2.57. The van der Waals surface area contributed by atoms with Crippen LogP contribution in [0.1, 0.15) is 6.92 Å². The number of rotatable bonds is 4. The van der Waals surface area contributed by atoms with Crippen LogP contribution in [0.2, 0.25) is 0 Å². The second-order valence-corrected chi connectivity index (χ2v) is 3.89. The first-order valence-electron chi connectivity index (χ1n) is 4.86. The van der Waals surface area contributed by atoms with E-state index in [1.165, 1.54) is 4.80 Å². The van der Waals surface area contributed by atoms with Crippen molar-refractivity contribution in [1.82, 2.24) is 25.5 Å². The van der Waals surface area contributed by atoms with Gasteiger partial charge < -0.3 is 5.32 Å². The Morgan fingerprint density at radius 1 is 1.62 bits per heavy atom. The molecule has 6 nitrogen and oxygen atoms in total. The molecule has 0 fully saturated rings. The zero-order chi connectivity index (χ0) is 11.4. The molecule has 0 unspecified atom stereocenters. The van der Waals surface area contributed by atoms with Crippen molar-refractivity contribution in [2.24, 2.45) is 0 Å². The molecule has 2 aromatic rings. The van der Waals surface area contributed by atoms with Crippen molar-refractivity contribution in [1.29, 1.82) is 0 Å². The molecule has 0 spiro atoms. The van der Waals surface area contributed by atoms with Crippen LogP contribution in [-0.4, -0.2) is 32.7 Å².